The minimum atomic E-state index is -3.80. The van der Waals surface area contributed by atoms with Crippen LogP contribution in [0.5, 0.6) is 5.75 Å². The Kier molecular flexibility index (Phi) is 6.14. The highest BCUT2D eigenvalue weighted by Gasteiger charge is 2.22. The highest BCUT2D eigenvalue weighted by atomic mass is 35.5. The molecule has 0 spiro atoms. The highest BCUT2D eigenvalue weighted by molar-refractivity contribution is 7.92. The van der Waals surface area contributed by atoms with Crippen LogP contribution in [0.25, 0.3) is 0 Å². The summed E-state index contributed by atoms with van der Waals surface area (Å²) >= 11 is 6.24. The van der Waals surface area contributed by atoms with Gasteiger partial charge in [-0.1, -0.05) is 11.6 Å². The maximum absolute atomic E-state index is 12.8. The largest absolute Gasteiger partial charge is 0.497 e. The lowest BCUT2D eigenvalue weighted by atomic mass is 10.2. The van der Waals surface area contributed by atoms with E-state index in [9.17, 15) is 13.2 Å². The molecule has 3 rings (SSSR count). The molecule has 152 valence electrons. The van der Waals surface area contributed by atoms with Gasteiger partial charge in [-0.15, -0.1) is 0 Å². The Morgan fingerprint density at radius 1 is 1.17 bits per heavy atom. The number of carbonyl (C=O) groups is 1. The zero-order valence-corrected chi connectivity index (χ0v) is 17.3. The Balaban J connectivity index is 1.78. The van der Waals surface area contributed by atoms with Crippen LogP contribution >= 0.6 is 11.6 Å². The molecule has 0 saturated carbocycles. The van der Waals surface area contributed by atoms with Crippen LogP contribution in [0.15, 0.2) is 70.2 Å². The summed E-state index contributed by atoms with van der Waals surface area (Å²) in [4.78, 5) is 12.4. The van der Waals surface area contributed by atoms with Crippen LogP contribution in [-0.2, 0) is 16.6 Å². The molecule has 1 heterocycles. The molecule has 0 atom stereocenters. The van der Waals surface area contributed by atoms with Gasteiger partial charge in [-0.2, -0.15) is 0 Å². The predicted molar refractivity (Wildman–Crippen MR) is 110 cm³/mol. The van der Waals surface area contributed by atoms with Crippen LogP contribution in [0.1, 0.15) is 16.1 Å². The first kappa shape index (κ1) is 20.8. The van der Waals surface area contributed by atoms with Gasteiger partial charge in [-0.25, -0.2) is 8.42 Å². The molecule has 0 radical (unpaired) electrons. The summed E-state index contributed by atoms with van der Waals surface area (Å²) in [5, 5.41) is 2.83. The Labute approximate surface area is 173 Å². The van der Waals surface area contributed by atoms with E-state index < -0.39 is 15.9 Å². The van der Waals surface area contributed by atoms with E-state index in [1.807, 2.05) is 0 Å². The molecule has 0 saturated heterocycles. The normalized spacial score (nSPS) is 11.1. The maximum Gasteiger partial charge on any atom is 0.264 e. The highest BCUT2D eigenvalue weighted by Crippen LogP contribution is 2.28. The molecule has 7 nitrogen and oxygen atoms in total. The first-order valence-corrected chi connectivity index (χ1v) is 10.4. The lowest BCUT2D eigenvalue weighted by Crippen LogP contribution is -2.27. The number of amides is 1. The van der Waals surface area contributed by atoms with E-state index in [0.29, 0.717) is 17.2 Å². The number of benzene rings is 2. The summed E-state index contributed by atoms with van der Waals surface area (Å²) in [6.45, 7) is 0.218. The van der Waals surface area contributed by atoms with Crippen LogP contribution in [0.2, 0.25) is 5.02 Å². The SMILES string of the molecule is COc1ccc(S(=O)(=O)N(C)c2ccc(C(=O)NCc3ccco3)c(Cl)c2)cc1. The Hall–Kier alpha value is -2.97. The number of carbonyl (C=O) groups excluding carboxylic acids is 1. The van der Waals surface area contributed by atoms with Crippen molar-refractivity contribution < 1.29 is 22.4 Å². The molecule has 1 aromatic heterocycles. The standard InChI is InChI=1S/C20H19ClN2O5S/c1-23(29(25,26)17-8-6-15(27-2)7-9-17)14-5-10-18(19(21)12-14)20(24)22-13-16-4-3-11-28-16/h3-12H,13H2,1-2H3,(H,22,24). The van der Waals surface area contributed by atoms with Crippen LogP contribution in [-0.4, -0.2) is 28.5 Å². The molecule has 0 unspecified atom stereocenters. The van der Waals surface area contributed by atoms with Crippen LogP contribution in [0, 0.1) is 0 Å². The molecule has 3 aromatic rings. The van der Waals surface area contributed by atoms with E-state index in [4.69, 9.17) is 20.8 Å². The van der Waals surface area contributed by atoms with Crippen molar-refractivity contribution in [1.29, 1.82) is 0 Å². The zero-order valence-electron chi connectivity index (χ0n) is 15.8. The fourth-order valence-corrected chi connectivity index (χ4v) is 4.05. The van der Waals surface area contributed by atoms with Crippen LogP contribution in [0.3, 0.4) is 0 Å². The molecule has 0 bridgehead atoms. The summed E-state index contributed by atoms with van der Waals surface area (Å²) in [6, 6.07) is 14.0. The zero-order chi connectivity index (χ0) is 21.0. The topological polar surface area (TPSA) is 88.9 Å². The van der Waals surface area contributed by atoms with Crippen LogP contribution in [0.4, 0.5) is 5.69 Å². The number of hydrogen-bond donors (Lipinski definition) is 1. The molecule has 29 heavy (non-hydrogen) atoms. The molecule has 9 heteroatoms. The monoisotopic (exact) mass is 434 g/mol. The first-order valence-electron chi connectivity index (χ1n) is 8.56. The lowest BCUT2D eigenvalue weighted by Gasteiger charge is -2.20. The fraction of sp³-hybridized carbons (Fsp3) is 0.150. The second-order valence-corrected chi connectivity index (χ2v) is 8.45. The van der Waals surface area contributed by atoms with Crippen molar-refractivity contribution in [2.45, 2.75) is 11.4 Å². The Morgan fingerprint density at radius 3 is 2.48 bits per heavy atom. The van der Waals surface area contributed by atoms with Gasteiger partial charge in [0, 0.05) is 7.05 Å². The van der Waals surface area contributed by atoms with Gasteiger partial charge in [0.15, 0.2) is 0 Å². The predicted octanol–water partition coefficient (Wildman–Crippen LogP) is 3.70. The van der Waals surface area contributed by atoms with Crippen molar-refractivity contribution >= 4 is 33.2 Å². The number of methoxy groups -OCH3 is 1. The lowest BCUT2D eigenvalue weighted by molar-refractivity contribution is 0.0948. The van der Waals surface area contributed by atoms with Gasteiger partial charge in [0.1, 0.15) is 11.5 Å². The van der Waals surface area contributed by atoms with Crippen molar-refractivity contribution in [3.8, 4) is 5.75 Å². The van der Waals surface area contributed by atoms with Gasteiger partial charge in [0.25, 0.3) is 15.9 Å². The molecular formula is C20H19ClN2O5S. The molecular weight excluding hydrogens is 416 g/mol. The molecule has 0 aliphatic carbocycles. The second kappa shape index (κ2) is 8.59. The Morgan fingerprint density at radius 2 is 1.90 bits per heavy atom. The van der Waals surface area contributed by atoms with Gasteiger partial charge in [0.2, 0.25) is 0 Å². The number of rotatable bonds is 7. The number of nitrogens with zero attached hydrogens (tertiary/aromatic N) is 1. The van der Waals surface area contributed by atoms with Gasteiger partial charge >= 0.3 is 0 Å². The number of halogens is 1. The first-order chi connectivity index (χ1) is 13.8. The van der Waals surface area contributed by atoms with E-state index in [1.165, 1.54) is 50.8 Å². The number of sulfonamides is 1. The number of nitrogens with one attached hydrogen (secondary N) is 1. The average Bonchev–Trinajstić information content (AvgIpc) is 3.25. The van der Waals surface area contributed by atoms with E-state index in [2.05, 4.69) is 5.32 Å². The number of furan rings is 1. The van der Waals surface area contributed by atoms with Gasteiger partial charge in [0.05, 0.1) is 41.1 Å². The molecule has 0 fully saturated rings. The summed E-state index contributed by atoms with van der Waals surface area (Å²) in [6.07, 6.45) is 1.52. The summed E-state index contributed by atoms with van der Waals surface area (Å²) in [5.41, 5.74) is 0.561. The van der Waals surface area contributed by atoms with Crippen LogP contribution < -0.4 is 14.4 Å². The third kappa shape index (κ3) is 4.55. The molecule has 2 aromatic carbocycles. The van der Waals surface area contributed by atoms with Crippen molar-refractivity contribution in [3.05, 3.63) is 77.2 Å². The van der Waals surface area contributed by atoms with Gasteiger partial charge in [-0.3, -0.25) is 9.10 Å². The number of anilines is 1. The summed E-state index contributed by atoms with van der Waals surface area (Å²) < 4.78 is 37.0. The minimum absolute atomic E-state index is 0.109. The second-order valence-electron chi connectivity index (χ2n) is 6.07. The van der Waals surface area contributed by atoms with Crippen molar-refractivity contribution in [2.75, 3.05) is 18.5 Å². The maximum atomic E-state index is 12.8. The minimum Gasteiger partial charge on any atom is -0.497 e. The van der Waals surface area contributed by atoms with E-state index in [1.54, 1.807) is 24.3 Å². The number of ether oxygens (including phenoxy) is 1. The van der Waals surface area contributed by atoms with E-state index in [0.717, 1.165) is 4.31 Å². The third-order valence-electron chi connectivity index (χ3n) is 4.28. The Bertz CT molecular complexity index is 1100. The summed E-state index contributed by atoms with van der Waals surface area (Å²) in [7, 11) is -0.878. The fourth-order valence-electron chi connectivity index (χ4n) is 2.60. The molecule has 1 N–H and O–H groups in total. The quantitative estimate of drug-likeness (QED) is 0.612. The summed E-state index contributed by atoms with van der Waals surface area (Å²) in [5.74, 6) is 0.773. The molecule has 1 amide bonds. The average molecular weight is 435 g/mol. The van der Waals surface area contributed by atoms with Gasteiger partial charge < -0.3 is 14.5 Å². The molecule has 0 aliphatic heterocycles. The smallest absolute Gasteiger partial charge is 0.264 e. The molecule has 0 aliphatic rings. The van der Waals surface area contributed by atoms with E-state index in [-0.39, 0.29) is 22.0 Å². The van der Waals surface area contributed by atoms with Gasteiger partial charge in [-0.05, 0) is 54.6 Å². The van der Waals surface area contributed by atoms with Crippen molar-refractivity contribution in [1.82, 2.24) is 5.32 Å². The van der Waals surface area contributed by atoms with E-state index >= 15 is 0 Å². The third-order valence-corrected chi connectivity index (χ3v) is 6.39. The van der Waals surface area contributed by atoms with Crippen molar-refractivity contribution in [3.63, 3.8) is 0 Å². The van der Waals surface area contributed by atoms with Crippen molar-refractivity contribution in [2.24, 2.45) is 0 Å². The number of hydrogen-bond acceptors (Lipinski definition) is 5.